The molecule has 0 aliphatic heterocycles. The third-order valence-electron chi connectivity index (χ3n) is 3.22. The van der Waals surface area contributed by atoms with Crippen LogP contribution in [0, 0.1) is 5.92 Å². The van der Waals surface area contributed by atoms with E-state index >= 15 is 0 Å². The Morgan fingerprint density at radius 1 is 1.38 bits per heavy atom. The van der Waals surface area contributed by atoms with Crippen LogP contribution in [0.5, 0.6) is 0 Å². The Bertz CT molecular complexity index is 138. The van der Waals surface area contributed by atoms with Crippen LogP contribution in [-0.2, 0) is 4.74 Å². The minimum atomic E-state index is 0.489. The molecule has 13 heavy (non-hydrogen) atoms. The fourth-order valence-corrected chi connectivity index (χ4v) is 2.46. The lowest BCUT2D eigenvalue weighted by Gasteiger charge is -2.35. The van der Waals surface area contributed by atoms with E-state index in [1.165, 1.54) is 25.7 Å². The maximum atomic E-state index is 5.53. The number of hydrogen-bond acceptors (Lipinski definition) is 2. The molecule has 0 bridgehead atoms. The molecule has 0 heterocycles. The van der Waals surface area contributed by atoms with Gasteiger partial charge < -0.3 is 10.1 Å². The summed E-state index contributed by atoms with van der Waals surface area (Å²) in [5.74, 6) is 0.721. The summed E-state index contributed by atoms with van der Waals surface area (Å²) in [5, 5.41) is 3.50. The first-order chi connectivity index (χ1) is 6.29. The standard InChI is InChI=1S/C11H23NO/c1-4-12-9(2)10-7-5-6-8-11(10)13-3/h9-12H,4-8H2,1-3H3. The Kier molecular flexibility index (Phi) is 4.74. The molecule has 0 radical (unpaired) electrons. The highest BCUT2D eigenvalue weighted by atomic mass is 16.5. The van der Waals surface area contributed by atoms with E-state index < -0.39 is 0 Å². The summed E-state index contributed by atoms with van der Waals surface area (Å²) >= 11 is 0. The Morgan fingerprint density at radius 3 is 2.69 bits per heavy atom. The molecule has 3 unspecified atom stereocenters. The zero-order valence-corrected chi connectivity index (χ0v) is 9.18. The van der Waals surface area contributed by atoms with Gasteiger partial charge in [-0.3, -0.25) is 0 Å². The molecule has 1 fully saturated rings. The minimum absolute atomic E-state index is 0.489. The van der Waals surface area contributed by atoms with E-state index in [0.29, 0.717) is 12.1 Å². The minimum Gasteiger partial charge on any atom is -0.381 e. The first kappa shape index (κ1) is 11.0. The largest absolute Gasteiger partial charge is 0.381 e. The van der Waals surface area contributed by atoms with Gasteiger partial charge in [0.1, 0.15) is 0 Å². The van der Waals surface area contributed by atoms with Crippen LogP contribution in [0.1, 0.15) is 39.5 Å². The fourth-order valence-electron chi connectivity index (χ4n) is 2.46. The SMILES string of the molecule is CCNC(C)C1CCCCC1OC. The zero-order valence-electron chi connectivity index (χ0n) is 9.18. The van der Waals surface area contributed by atoms with Crippen molar-refractivity contribution < 1.29 is 4.74 Å². The molecular weight excluding hydrogens is 162 g/mol. The average molecular weight is 185 g/mol. The molecule has 1 N–H and O–H groups in total. The van der Waals surface area contributed by atoms with E-state index in [1.807, 2.05) is 7.11 Å². The van der Waals surface area contributed by atoms with Gasteiger partial charge in [-0.25, -0.2) is 0 Å². The number of hydrogen-bond donors (Lipinski definition) is 1. The highest BCUT2D eigenvalue weighted by molar-refractivity contribution is 4.82. The molecule has 1 rings (SSSR count). The third kappa shape index (κ3) is 2.96. The summed E-state index contributed by atoms with van der Waals surface area (Å²) in [5.41, 5.74) is 0. The van der Waals surface area contributed by atoms with Crippen LogP contribution in [0.2, 0.25) is 0 Å². The molecule has 0 aromatic rings. The fraction of sp³-hybridized carbons (Fsp3) is 1.00. The molecule has 0 saturated heterocycles. The molecule has 0 aromatic carbocycles. The first-order valence-corrected chi connectivity index (χ1v) is 5.55. The van der Waals surface area contributed by atoms with Gasteiger partial charge in [-0.2, -0.15) is 0 Å². The molecule has 0 spiro atoms. The smallest absolute Gasteiger partial charge is 0.0614 e. The van der Waals surface area contributed by atoms with Crippen molar-refractivity contribution in [1.29, 1.82) is 0 Å². The van der Waals surface area contributed by atoms with Crippen molar-refractivity contribution >= 4 is 0 Å². The van der Waals surface area contributed by atoms with Gasteiger partial charge in [0, 0.05) is 19.1 Å². The van der Waals surface area contributed by atoms with Crippen molar-refractivity contribution in [3.05, 3.63) is 0 Å². The topological polar surface area (TPSA) is 21.3 Å². The maximum absolute atomic E-state index is 5.53. The molecule has 78 valence electrons. The van der Waals surface area contributed by atoms with E-state index in [0.717, 1.165) is 12.5 Å². The van der Waals surface area contributed by atoms with E-state index in [2.05, 4.69) is 19.2 Å². The second-order valence-corrected chi connectivity index (χ2v) is 4.07. The van der Waals surface area contributed by atoms with Gasteiger partial charge in [0.25, 0.3) is 0 Å². The van der Waals surface area contributed by atoms with Crippen LogP contribution in [0.4, 0.5) is 0 Å². The normalized spacial score (nSPS) is 31.6. The van der Waals surface area contributed by atoms with Crippen LogP contribution in [-0.4, -0.2) is 25.8 Å². The van der Waals surface area contributed by atoms with Crippen LogP contribution >= 0.6 is 0 Å². The van der Waals surface area contributed by atoms with Crippen LogP contribution in [0.15, 0.2) is 0 Å². The molecule has 1 aliphatic rings. The number of rotatable bonds is 4. The lowest BCUT2D eigenvalue weighted by Crippen LogP contribution is -2.42. The van der Waals surface area contributed by atoms with Crippen LogP contribution in [0.25, 0.3) is 0 Å². The average Bonchev–Trinajstić information content (AvgIpc) is 2.18. The van der Waals surface area contributed by atoms with Crippen LogP contribution < -0.4 is 5.32 Å². The Labute approximate surface area is 82.0 Å². The molecule has 2 nitrogen and oxygen atoms in total. The maximum Gasteiger partial charge on any atom is 0.0614 e. The lowest BCUT2D eigenvalue weighted by atomic mass is 9.82. The monoisotopic (exact) mass is 185 g/mol. The van der Waals surface area contributed by atoms with Gasteiger partial charge >= 0.3 is 0 Å². The van der Waals surface area contributed by atoms with Gasteiger partial charge in [-0.05, 0) is 26.3 Å². The van der Waals surface area contributed by atoms with Crippen molar-refractivity contribution in [3.63, 3.8) is 0 Å². The molecule has 0 amide bonds. The molecule has 1 saturated carbocycles. The summed E-state index contributed by atoms with van der Waals surface area (Å²) in [7, 11) is 1.85. The zero-order chi connectivity index (χ0) is 9.68. The second kappa shape index (κ2) is 5.61. The number of methoxy groups -OCH3 is 1. The molecule has 2 heteroatoms. The number of ether oxygens (including phenoxy) is 1. The Morgan fingerprint density at radius 2 is 2.08 bits per heavy atom. The van der Waals surface area contributed by atoms with E-state index in [-0.39, 0.29) is 0 Å². The molecule has 1 aliphatic carbocycles. The summed E-state index contributed by atoms with van der Waals surface area (Å²) in [4.78, 5) is 0. The summed E-state index contributed by atoms with van der Waals surface area (Å²) in [6, 6.07) is 0.607. The summed E-state index contributed by atoms with van der Waals surface area (Å²) in [6.07, 6.45) is 5.78. The first-order valence-electron chi connectivity index (χ1n) is 5.55. The van der Waals surface area contributed by atoms with Crippen molar-refractivity contribution in [1.82, 2.24) is 5.32 Å². The Balaban J connectivity index is 2.43. The van der Waals surface area contributed by atoms with Crippen LogP contribution in [0.3, 0.4) is 0 Å². The quantitative estimate of drug-likeness (QED) is 0.725. The van der Waals surface area contributed by atoms with Crippen molar-refractivity contribution in [3.8, 4) is 0 Å². The number of nitrogens with one attached hydrogen (secondary N) is 1. The van der Waals surface area contributed by atoms with E-state index in [9.17, 15) is 0 Å². The molecule has 3 atom stereocenters. The summed E-state index contributed by atoms with van der Waals surface area (Å²) < 4.78 is 5.53. The van der Waals surface area contributed by atoms with E-state index in [4.69, 9.17) is 4.74 Å². The van der Waals surface area contributed by atoms with Crippen molar-refractivity contribution in [2.24, 2.45) is 5.92 Å². The van der Waals surface area contributed by atoms with Crippen molar-refractivity contribution in [2.45, 2.75) is 51.7 Å². The van der Waals surface area contributed by atoms with Gasteiger partial charge in [-0.1, -0.05) is 19.8 Å². The molecule has 0 aromatic heterocycles. The van der Waals surface area contributed by atoms with Gasteiger partial charge in [0.05, 0.1) is 6.10 Å². The van der Waals surface area contributed by atoms with Gasteiger partial charge in [-0.15, -0.1) is 0 Å². The highest BCUT2D eigenvalue weighted by Gasteiger charge is 2.28. The highest BCUT2D eigenvalue weighted by Crippen LogP contribution is 2.28. The van der Waals surface area contributed by atoms with Crippen molar-refractivity contribution in [2.75, 3.05) is 13.7 Å². The van der Waals surface area contributed by atoms with Gasteiger partial charge in [0.15, 0.2) is 0 Å². The third-order valence-corrected chi connectivity index (χ3v) is 3.22. The summed E-state index contributed by atoms with van der Waals surface area (Å²) in [6.45, 7) is 5.51. The lowest BCUT2D eigenvalue weighted by molar-refractivity contribution is 0.0108. The van der Waals surface area contributed by atoms with Gasteiger partial charge in [0.2, 0.25) is 0 Å². The molecular formula is C11H23NO. The predicted molar refractivity (Wildman–Crippen MR) is 55.9 cm³/mol. The second-order valence-electron chi connectivity index (χ2n) is 4.07. The van der Waals surface area contributed by atoms with E-state index in [1.54, 1.807) is 0 Å². The predicted octanol–water partition coefficient (Wildman–Crippen LogP) is 2.19. The Hall–Kier alpha value is -0.0800.